The van der Waals surface area contributed by atoms with Crippen LogP contribution in [0.15, 0.2) is 30.7 Å². The first-order chi connectivity index (χ1) is 9.29. The summed E-state index contributed by atoms with van der Waals surface area (Å²) in [4.78, 5) is 4.28. The lowest BCUT2D eigenvalue weighted by atomic mass is 10.4. The SMILES string of the molecule is CCCOc1cccnc1NCCn1cc(N)cn1. The van der Waals surface area contributed by atoms with Crippen LogP contribution in [0.2, 0.25) is 0 Å². The molecule has 0 aliphatic carbocycles. The molecular weight excluding hydrogens is 242 g/mol. The van der Waals surface area contributed by atoms with Crippen LogP contribution in [-0.4, -0.2) is 27.9 Å². The molecule has 0 fully saturated rings. The summed E-state index contributed by atoms with van der Waals surface area (Å²) < 4.78 is 7.42. The average Bonchev–Trinajstić information content (AvgIpc) is 2.83. The van der Waals surface area contributed by atoms with Gasteiger partial charge in [-0.05, 0) is 18.6 Å². The minimum atomic E-state index is 0.671. The zero-order valence-corrected chi connectivity index (χ0v) is 11.0. The molecule has 6 nitrogen and oxygen atoms in total. The van der Waals surface area contributed by atoms with Gasteiger partial charge in [-0.3, -0.25) is 4.68 Å². The van der Waals surface area contributed by atoms with Crippen LogP contribution in [0.3, 0.4) is 0 Å². The molecule has 0 spiro atoms. The fourth-order valence-corrected chi connectivity index (χ4v) is 1.64. The van der Waals surface area contributed by atoms with E-state index in [4.69, 9.17) is 10.5 Å². The van der Waals surface area contributed by atoms with Crippen molar-refractivity contribution in [2.24, 2.45) is 0 Å². The normalized spacial score (nSPS) is 10.4. The van der Waals surface area contributed by atoms with Gasteiger partial charge in [0.15, 0.2) is 11.6 Å². The summed E-state index contributed by atoms with van der Waals surface area (Å²) in [5, 5.41) is 7.36. The first-order valence-corrected chi connectivity index (χ1v) is 6.39. The summed E-state index contributed by atoms with van der Waals surface area (Å²) in [6.45, 7) is 4.20. The van der Waals surface area contributed by atoms with Crippen LogP contribution >= 0.6 is 0 Å². The van der Waals surface area contributed by atoms with Gasteiger partial charge in [-0.1, -0.05) is 6.92 Å². The molecule has 0 aliphatic rings. The van der Waals surface area contributed by atoms with Gasteiger partial charge < -0.3 is 15.8 Å². The van der Waals surface area contributed by atoms with Crippen LogP contribution in [0, 0.1) is 0 Å². The second-order valence-electron chi connectivity index (χ2n) is 4.16. The van der Waals surface area contributed by atoms with E-state index in [9.17, 15) is 0 Å². The molecule has 0 radical (unpaired) electrons. The van der Waals surface area contributed by atoms with Gasteiger partial charge in [0.25, 0.3) is 0 Å². The van der Waals surface area contributed by atoms with Crippen molar-refractivity contribution in [3.63, 3.8) is 0 Å². The van der Waals surface area contributed by atoms with Gasteiger partial charge >= 0.3 is 0 Å². The molecule has 2 heterocycles. The van der Waals surface area contributed by atoms with Gasteiger partial charge in [-0.25, -0.2) is 4.98 Å². The van der Waals surface area contributed by atoms with Gasteiger partial charge in [0, 0.05) is 18.9 Å². The summed E-state index contributed by atoms with van der Waals surface area (Å²) in [5.41, 5.74) is 6.28. The highest BCUT2D eigenvalue weighted by atomic mass is 16.5. The Morgan fingerprint density at radius 3 is 3.11 bits per heavy atom. The van der Waals surface area contributed by atoms with Gasteiger partial charge in [-0.2, -0.15) is 5.10 Å². The predicted octanol–water partition coefficient (Wildman–Crippen LogP) is 1.76. The molecule has 0 bridgehead atoms. The molecule has 102 valence electrons. The molecule has 0 atom stereocenters. The van der Waals surface area contributed by atoms with E-state index < -0.39 is 0 Å². The third kappa shape index (κ3) is 3.87. The number of aromatic nitrogens is 3. The highest BCUT2D eigenvalue weighted by molar-refractivity contribution is 5.49. The van der Waals surface area contributed by atoms with E-state index >= 15 is 0 Å². The molecule has 0 unspecified atom stereocenters. The van der Waals surface area contributed by atoms with Crippen molar-refractivity contribution in [2.75, 3.05) is 24.2 Å². The van der Waals surface area contributed by atoms with E-state index in [2.05, 4.69) is 22.3 Å². The Hall–Kier alpha value is -2.24. The summed E-state index contributed by atoms with van der Waals surface area (Å²) in [6.07, 6.45) is 6.15. The maximum Gasteiger partial charge on any atom is 0.168 e. The third-order valence-corrected chi connectivity index (χ3v) is 2.52. The number of anilines is 2. The third-order valence-electron chi connectivity index (χ3n) is 2.52. The smallest absolute Gasteiger partial charge is 0.168 e. The predicted molar refractivity (Wildman–Crippen MR) is 75.2 cm³/mol. The van der Waals surface area contributed by atoms with Crippen LogP contribution in [-0.2, 0) is 6.54 Å². The van der Waals surface area contributed by atoms with Crippen LogP contribution < -0.4 is 15.8 Å². The highest BCUT2D eigenvalue weighted by Crippen LogP contribution is 2.20. The number of nitrogens with two attached hydrogens (primary N) is 1. The molecule has 0 aliphatic heterocycles. The summed E-state index contributed by atoms with van der Waals surface area (Å²) in [5.74, 6) is 1.54. The first kappa shape index (κ1) is 13.2. The number of hydrogen-bond donors (Lipinski definition) is 2. The summed E-state index contributed by atoms with van der Waals surface area (Å²) in [6, 6.07) is 3.78. The van der Waals surface area contributed by atoms with Crippen molar-refractivity contribution >= 4 is 11.5 Å². The maximum absolute atomic E-state index is 5.63. The second-order valence-corrected chi connectivity index (χ2v) is 4.16. The second kappa shape index (κ2) is 6.63. The van der Waals surface area contributed by atoms with E-state index in [1.54, 1.807) is 23.3 Å². The molecule has 0 aromatic carbocycles. The van der Waals surface area contributed by atoms with Gasteiger partial charge in [0.05, 0.1) is 25.0 Å². The Balaban J connectivity index is 1.88. The van der Waals surface area contributed by atoms with Crippen molar-refractivity contribution in [3.8, 4) is 5.75 Å². The number of nitrogens with one attached hydrogen (secondary N) is 1. The molecule has 2 aromatic rings. The lowest BCUT2D eigenvalue weighted by Gasteiger charge is -2.11. The largest absolute Gasteiger partial charge is 0.490 e. The van der Waals surface area contributed by atoms with Crippen molar-refractivity contribution in [2.45, 2.75) is 19.9 Å². The first-order valence-electron chi connectivity index (χ1n) is 6.39. The molecule has 3 N–H and O–H groups in total. The van der Waals surface area contributed by atoms with E-state index in [1.807, 2.05) is 12.1 Å². The molecule has 19 heavy (non-hydrogen) atoms. The van der Waals surface area contributed by atoms with Crippen molar-refractivity contribution in [1.29, 1.82) is 0 Å². The molecule has 2 aromatic heterocycles. The quantitative estimate of drug-likeness (QED) is 0.794. The van der Waals surface area contributed by atoms with Crippen LogP contribution in [0.1, 0.15) is 13.3 Å². The topological polar surface area (TPSA) is 78.0 Å². The van der Waals surface area contributed by atoms with E-state index in [-0.39, 0.29) is 0 Å². The Kier molecular flexibility index (Phi) is 4.60. The molecule has 0 saturated carbocycles. The summed E-state index contributed by atoms with van der Waals surface area (Å²) >= 11 is 0. The van der Waals surface area contributed by atoms with Crippen molar-refractivity contribution in [1.82, 2.24) is 14.8 Å². The lowest BCUT2D eigenvalue weighted by molar-refractivity contribution is 0.317. The molecule has 0 saturated heterocycles. The number of nitrogens with zero attached hydrogens (tertiary/aromatic N) is 3. The molecule has 6 heteroatoms. The molecule has 0 amide bonds. The lowest BCUT2D eigenvalue weighted by Crippen LogP contribution is -2.12. The van der Waals surface area contributed by atoms with Crippen LogP contribution in [0.5, 0.6) is 5.75 Å². The zero-order valence-electron chi connectivity index (χ0n) is 11.0. The fourth-order valence-electron chi connectivity index (χ4n) is 1.64. The van der Waals surface area contributed by atoms with Crippen LogP contribution in [0.4, 0.5) is 11.5 Å². The van der Waals surface area contributed by atoms with E-state index in [0.29, 0.717) is 18.8 Å². The standard InChI is InChI=1S/C13H19N5O/c1-2-8-19-12-4-3-5-15-13(12)16-6-7-18-10-11(14)9-17-18/h3-5,9-10H,2,6-8,14H2,1H3,(H,15,16). The monoisotopic (exact) mass is 261 g/mol. The van der Waals surface area contributed by atoms with Gasteiger partial charge in [0.2, 0.25) is 0 Å². The number of ether oxygens (including phenoxy) is 1. The molecular formula is C13H19N5O. The van der Waals surface area contributed by atoms with Crippen LogP contribution in [0.25, 0.3) is 0 Å². The number of rotatable bonds is 7. The number of hydrogen-bond acceptors (Lipinski definition) is 5. The van der Waals surface area contributed by atoms with Gasteiger partial charge in [0.1, 0.15) is 0 Å². The summed E-state index contributed by atoms with van der Waals surface area (Å²) in [7, 11) is 0. The molecule has 2 rings (SSSR count). The minimum absolute atomic E-state index is 0.671. The highest BCUT2D eigenvalue weighted by Gasteiger charge is 2.03. The minimum Gasteiger partial charge on any atom is -0.490 e. The van der Waals surface area contributed by atoms with Gasteiger partial charge in [-0.15, -0.1) is 0 Å². The Morgan fingerprint density at radius 1 is 1.47 bits per heavy atom. The fraction of sp³-hybridized carbons (Fsp3) is 0.385. The van der Waals surface area contributed by atoms with E-state index in [0.717, 1.165) is 24.5 Å². The average molecular weight is 261 g/mol. The number of nitrogen functional groups attached to an aromatic ring is 1. The maximum atomic E-state index is 5.63. The Morgan fingerprint density at radius 2 is 2.37 bits per heavy atom. The zero-order chi connectivity index (χ0) is 13.5. The Labute approximate surface area is 112 Å². The Bertz CT molecular complexity index is 511. The van der Waals surface area contributed by atoms with Crippen molar-refractivity contribution < 1.29 is 4.74 Å². The van der Waals surface area contributed by atoms with E-state index in [1.165, 1.54) is 0 Å². The number of pyridine rings is 1. The van der Waals surface area contributed by atoms with Crippen molar-refractivity contribution in [3.05, 3.63) is 30.7 Å².